The number of ether oxygens (including phenoxy) is 4. The number of halogens is 3. The van der Waals surface area contributed by atoms with Gasteiger partial charge in [-0.3, -0.25) is 18.1 Å². The number of imidazole rings is 1. The Hall–Kier alpha value is -3.50. The van der Waals surface area contributed by atoms with Crippen molar-refractivity contribution in [2.24, 2.45) is 0 Å². The second-order valence-corrected chi connectivity index (χ2v) is 11.4. The van der Waals surface area contributed by atoms with Gasteiger partial charge in [-0.25, -0.2) is 14.3 Å². The molecule has 6 rings (SSSR count). The first-order valence-electron chi connectivity index (χ1n) is 12.8. The van der Waals surface area contributed by atoms with Crippen LogP contribution in [0.2, 0.25) is 0 Å². The summed E-state index contributed by atoms with van der Waals surface area (Å²) in [7, 11) is -4.37. The number of phosphoric ester groups is 1. The summed E-state index contributed by atoms with van der Waals surface area (Å²) in [5.41, 5.74) is 3.82. The molecular weight excluding hydrogens is 590 g/mol. The molecule has 3 fully saturated rings. The first kappa shape index (κ1) is 28.6. The number of phosphoric acid groups is 1. The SMILES string of the molecule is CCOc1nc(N)nc2c1ncn2[C@@H]1O[C@H](CO[P@@]2(=O)OCC[C@@H](c3ccccc3C(F)(F)F)O2)[C@H]2OC(=O)O[C@]21C. The van der Waals surface area contributed by atoms with Crippen molar-refractivity contribution in [3.05, 3.63) is 41.7 Å². The molecule has 0 bridgehead atoms. The van der Waals surface area contributed by atoms with Crippen LogP contribution in [0.4, 0.5) is 23.9 Å². The smallest absolute Gasteiger partial charge is 0.476 e. The molecule has 6 atom stereocenters. The minimum atomic E-state index is -4.65. The molecule has 0 aliphatic carbocycles. The molecule has 226 valence electrons. The number of hydrogen-bond donors (Lipinski definition) is 1. The lowest BCUT2D eigenvalue weighted by atomic mass is 9.96. The van der Waals surface area contributed by atoms with Crippen molar-refractivity contribution in [1.82, 2.24) is 19.5 Å². The first-order valence-corrected chi connectivity index (χ1v) is 14.3. The molecule has 3 aliphatic rings. The molecule has 0 radical (unpaired) electrons. The monoisotopic (exact) mass is 615 g/mol. The molecule has 3 saturated heterocycles. The fraction of sp³-hybridized carbons (Fsp3) is 0.500. The van der Waals surface area contributed by atoms with Crippen LogP contribution in [-0.4, -0.2) is 63.3 Å². The van der Waals surface area contributed by atoms with E-state index in [4.69, 9.17) is 38.3 Å². The van der Waals surface area contributed by atoms with Crippen molar-refractivity contribution in [1.29, 1.82) is 0 Å². The van der Waals surface area contributed by atoms with Gasteiger partial charge in [-0.05, 0) is 25.5 Å². The van der Waals surface area contributed by atoms with Gasteiger partial charge in [-0.15, -0.1) is 0 Å². The van der Waals surface area contributed by atoms with Gasteiger partial charge >= 0.3 is 20.2 Å². The number of fused-ring (bicyclic) bond motifs is 2. The summed E-state index contributed by atoms with van der Waals surface area (Å²) < 4.78 is 94.4. The third-order valence-corrected chi connectivity index (χ3v) is 8.54. The quantitative estimate of drug-likeness (QED) is 0.295. The van der Waals surface area contributed by atoms with Gasteiger partial charge in [0, 0.05) is 6.42 Å². The zero-order chi connectivity index (χ0) is 29.9. The van der Waals surface area contributed by atoms with Crippen LogP contribution in [0.5, 0.6) is 5.88 Å². The number of anilines is 1. The standard InChI is InChI=1S/C24H25F3N5O9P/c1-3-35-19-16-18(30-21(28)31-19)32(11-29-16)20-23(2)17(39-22(33)40-23)15(38-20)10-37-42(34)36-9-8-14(41-42)12-6-4-5-7-13(12)24(25,26)27/h4-7,11,14-15,17,20H,3,8-10H2,1-2H3,(H2,28,30,31)/t14-,15+,17+,20+,23+,42+/m0/s1. The molecule has 2 aromatic heterocycles. The van der Waals surface area contributed by atoms with Crippen LogP contribution in [0.25, 0.3) is 11.2 Å². The van der Waals surface area contributed by atoms with E-state index < -0.39 is 62.5 Å². The van der Waals surface area contributed by atoms with Crippen molar-refractivity contribution in [3.8, 4) is 5.88 Å². The van der Waals surface area contributed by atoms with Crippen LogP contribution in [0.3, 0.4) is 0 Å². The van der Waals surface area contributed by atoms with Gasteiger partial charge in [-0.2, -0.15) is 23.1 Å². The maximum absolute atomic E-state index is 13.6. The number of carbonyl (C=O) groups excluding carboxylic acids is 1. The van der Waals surface area contributed by atoms with Gasteiger partial charge in [0.1, 0.15) is 6.10 Å². The largest absolute Gasteiger partial charge is 0.509 e. The highest BCUT2D eigenvalue weighted by Crippen LogP contribution is 2.58. The minimum absolute atomic E-state index is 0.0109. The van der Waals surface area contributed by atoms with Crippen LogP contribution in [0.15, 0.2) is 30.6 Å². The second-order valence-electron chi connectivity index (χ2n) is 9.79. The maximum atomic E-state index is 13.6. The van der Waals surface area contributed by atoms with Crippen molar-refractivity contribution in [2.45, 2.75) is 56.6 Å². The van der Waals surface area contributed by atoms with E-state index in [1.807, 2.05) is 0 Å². The van der Waals surface area contributed by atoms with Crippen LogP contribution in [0, 0.1) is 0 Å². The van der Waals surface area contributed by atoms with E-state index in [1.54, 1.807) is 13.8 Å². The lowest BCUT2D eigenvalue weighted by Crippen LogP contribution is -2.42. The molecule has 0 amide bonds. The third-order valence-electron chi connectivity index (χ3n) is 7.06. The molecule has 1 aromatic carbocycles. The molecule has 0 unspecified atom stereocenters. The van der Waals surface area contributed by atoms with E-state index in [2.05, 4.69) is 15.0 Å². The van der Waals surface area contributed by atoms with Crippen LogP contribution >= 0.6 is 7.82 Å². The summed E-state index contributed by atoms with van der Waals surface area (Å²) in [6.07, 6.45) is -8.65. The highest BCUT2D eigenvalue weighted by atomic mass is 31.2. The van der Waals surface area contributed by atoms with E-state index in [0.717, 1.165) is 6.07 Å². The van der Waals surface area contributed by atoms with Gasteiger partial charge < -0.3 is 24.7 Å². The molecule has 14 nitrogen and oxygen atoms in total. The Kier molecular flexibility index (Phi) is 7.05. The molecule has 3 aliphatic heterocycles. The fourth-order valence-electron chi connectivity index (χ4n) is 5.27. The van der Waals surface area contributed by atoms with E-state index in [0.29, 0.717) is 0 Å². The number of hydrogen-bond acceptors (Lipinski definition) is 13. The molecule has 42 heavy (non-hydrogen) atoms. The highest BCUT2D eigenvalue weighted by molar-refractivity contribution is 7.48. The molecule has 2 N–H and O–H groups in total. The average Bonchev–Trinajstić information content (AvgIpc) is 3.56. The normalized spacial score (nSPS) is 31.1. The number of carbonyl (C=O) groups is 1. The fourth-order valence-corrected chi connectivity index (χ4v) is 6.65. The molecular formula is C24H25F3N5O9P. The number of benzene rings is 1. The van der Waals surface area contributed by atoms with E-state index in [-0.39, 0.29) is 48.2 Å². The van der Waals surface area contributed by atoms with Crippen molar-refractivity contribution in [2.75, 3.05) is 25.6 Å². The average molecular weight is 615 g/mol. The van der Waals surface area contributed by atoms with Gasteiger partial charge in [-0.1, -0.05) is 18.2 Å². The molecule has 5 heterocycles. The highest BCUT2D eigenvalue weighted by Gasteiger charge is 2.64. The summed E-state index contributed by atoms with van der Waals surface area (Å²) in [4.78, 5) is 24.8. The molecule has 3 aromatic rings. The summed E-state index contributed by atoms with van der Waals surface area (Å²) >= 11 is 0. The van der Waals surface area contributed by atoms with E-state index in [1.165, 1.54) is 29.1 Å². The minimum Gasteiger partial charge on any atom is -0.476 e. The van der Waals surface area contributed by atoms with Crippen molar-refractivity contribution in [3.63, 3.8) is 0 Å². The Morgan fingerprint density at radius 3 is 2.81 bits per heavy atom. The zero-order valence-electron chi connectivity index (χ0n) is 22.1. The number of nitrogen functional groups attached to an aromatic ring is 1. The lowest BCUT2D eigenvalue weighted by molar-refractivity contribution is -0.139. The second kappa shape index (κ2) is 10.3. The van der Waals surface area contributed by atoms with Gasteiger partial charge in [0.2, 0.25) is 11.8 Å². The van der Waals surface area contributed by atoms with Gasteiger partial charge in [0.05, 0.1) is 37.8 Å². The lowest BCUT2D eigenvalue weighted by Gasteiger charge is -2.31. The van der Waals surface area contributed by atoms with Crippen molar-refractivity contribution < 1.29 is 55.0 Å². The summed E-state index contributed by atoms with van der Waals surface area (Å²) in [6, 6.07) is 4.83. The van der Waals surface area contributed by atoms with E-state index in [9.17, 15) is 22.5 Å². The number of nitrogens with two attached hydrogens (primary N) is 1. The summed E-state index contributed by atoms with van der Waals surface area (Å²) in [6.45, 7) is 2.93. The third kappa shape index (κ3) is 4.94. The zero-order valence-corrected chi connectivity index (χ0v) is 23.0. The molecule has 0 spiro atoms. The number of aromatic nitrogens is 4. The summed E-state index contributed by atoms with van der Waals surface area (Å²) in [5, 5.41) is 0. The Labute approximate surface area is 235 Å². The Bertz CT molecular complexity index is 1570. The number of rotatable bonds is 7. The van der Waals surface area contributed by atoms with Crippen LogP contribution in [-0.2, 0) is 38.5 Å². The summed E-state index contributed by atoms with van der Waals surface area (Å²) in [5.74, 6) is 0.0441. The Morgan fingerprint density at radius 1 is 1.26 bits per heavy atom. The topological polar surface area (TPSA) is 168 Å². The predicted molar refractivity (Wildman–Crippen MR) is 134 cm³/mol. The Balaban J connectivity index is 1.24. The van der Waals surface area contributed by atoms with Crippen LogP contribution in [0.1, 0.15) is 43.7 Å². The maximum Gasteiger partial charge on any atom is 0.509 e. The predicted octanol–water partition coefficient (Wildman–Crippen LogP) is 4.32. The number of nitrogens with zero attached hydrogens (tertiary/aromatic N) is 4. The molecule has 18 heteroatoms. The number of alkyl halides is 3. The van der Waals surface area contributed by atoms with E-state index >= 15 is 0 Å². The first-order chi connectivity index (χ1) is 19.9. The van der Waals surface area contributed by atoms with Crippen LogP contribution < -0.4 is 10.5 Å². The molecule has 0 saturated carbocycles. The van der Waals surface area contributed by atoms with Gasteiger partial charge in [0.15, 0.2) is 29.1 Å². The van der Waals surface area contributed by atoms with Crippen molar-refractivity contribution >= 4 is 31.1 Å². The Morgan fingerprint density at radius 2 is 2.05 bits per heavy atom. The van der Waals surface area contributed by atoms with Gasteiger partial charge in [0.25, 0.3) is 0 Å².